The first-order valence-corrected chi connectivity index (χ1v) is 13.3. The second kappa shape index (κ2) is 12.9. The van der Waals surface area contributed by atoms with Crippen LogP contribution in [0.3, 0.4) is 0 Å². The van der Waals surface area contributed by atoms with E-state index in [1.54, 1.807) is 17.0 Å². The normalized spacial score (nSPS) is 18.7. The van der Waals surface area contributed by atoms with Gasteiger partial charge in [0.1, 0.15) is 5.78 Å². The molecule has 8 nitrogen and oxygen atoms in total. The van der Waals surface area contributed by atoms with E-state index in [0.717, 1.165) is 32.1 Å². The van der Waals surface area contributed by atoms with Crippen molar-refractivity contribution in [1.82, 2.24) is 9.88 Å². The molecule has 0 bridgehead atoms. The van der Waals surface area contributed by atoms with Gasteiger partial charge in [0.15, 0.2) is 6.61 Å². The van der Waals surface area contributed by atoms with E-state index >= 15 is 0 Å². The average Bonchev–Trinajstić information content (AvgIpc) is 2.91. The van der Waals surface area contributed by atoms with Crippen LogP contribution in [0.25, 0.3) is 0 Å². The van der Waals surface area contributed by atoms with Crippen LogP contribution in [0.1, 0.15) is 55.3 Å². The lowest BCUT2D eigenvalue weighted by atomic mass is 9.87. The van der Waals surface area contributed by atoms with Gasteiger partial charge in [0.05, 0.1) is 5.56 Å². The molecule has 2 heterocycles. The van der Waals surface area contributed by atoms with E-state index in [9.17, 15) is 27.6 Å². The summed E-state index contributed by atoms with van der Waals surface area (Å²) in [6, 6.07) is 9.74. The number of nitrogens with zero attached hydrogens (tertiary/aromatic N) is 3. The Morgan fingerprint density at radius 1 is 1.03 bits per heavy atom. The van der Waals surface area contributed by atoms with E-state index in [1.165, 1.54) is 18.3 Å². The van der Waals surface area contributed by atoms with Crippen LogP contribution >= 0.6 is 0 Å². The number of halogens is 3. The van der Waals surface area contributed by atoms with Crippen LogP contribution in [0, 0.1) is 5.92 Å². The number of Topliss-reactive ketones (excluding diaryl/α,β-unsaturated/α-hetero) is 1. The molecule has 4 rings (SSSR count). The number of hydrogen-bond acceptors (Lipinski definition) is 6. The number of alkyl halides is 3. The monoisotopic (exact) mass is 546 g/mol. The Hall–Kier alpha value is -3.63. The molecule has 1 saturated heterocycles. The molecule has 2 amide bonds. The van der Waals surface area contributed by atoms with Crippen molar-refractivity contribution in [3.05, 3.63) is 48.2 Å². The molecule has 1 aliphatic heterocycles. The molecule has 0 spiro atoms. The number of carbonyl (C=O) groups is 3. The zero-order chi connectivity index (χ0) is 27.8. The van der Waals surface area contributed by atoms with E-state index in [4.69, 9.17) is 0 Å². The number of rotatable bonds is 7. The zero-order valence-electron chi connectivity index (χ0n) is 21.7. The Morgan fingerprint density at radius 2 is 1.77 bits per heavy atom. The minimum Gasteiger partial charge on any atom is -0.468 e. The van der Waals surface area contributed by atoms with Crippen molar-refractivity contribution in [3.63, 3.8) is 0 Å². The average molecular weight is 547 g/mol. The second-order valence-electron chi connectivity index (χ2n) is 9.95. The van der Waals surface area contributed by atoms with E-state index < -0.39 is 18.7 Å². The summed E-state index contributed by atoms with van der Waals surface area (Å²) in [7, 11) is 0. The van der Waals surface area contributed by atoms with Crippen molar-refractivity contribution in [3.8, 4) is 5.88 Å². The molecule has 1 aromatic carbocycles. The predicted octanol–water partition coefficient (Wildman–Crippen LogP) is 4.85. The van der Waals surface area contributed by atoms with Crippen molar-refractivity contribution in [1.29, 1.82) is 0 Å². The number of aromatic nitrogens is 1. The minimum absolute atomic E-state index is 0.000773. The number of para-hydroxylation sites is 1. The molecular formula is C28H33F3N4O4. The molecule has 1 N–H and O–H groups in total. The molecule has 39 heavy (non-hydrogen) atoms. The number of hydrogen-bond donors (Lipinski definition) is 1. The van der Waals surface area contributed by atoms with Crippen molar-refractivity contribution in [2.45, 2.75) is 51.1 Å². The summed E-state index contributed by atoms with van der Waals surface area (Å²) in [5.74, 6) is -0.663. The van der Waals surface area contributed by atoms with Gasteiger partial charge in [0.2, 0.25) is 11.8 Å². The van der Waals surface area contributed by atoms with Gasteiger partial charge in [-0.1, -0.05) is 31.4 Å². The topological polar surface area (TPSA) is 91.8 Å². The predicted molar refractivity (Wildman–Crippen MR) is 140 cm³/mol. The lowest BCUT2D eigenvalue weighted by molar-refractivity contribution is -0.154. The Bertz CT molecular complexity index is 1170. The Kier molecular flexibility index (Phi) is 9.42. The Balaban J connectivity index is 1.35. The van der Waals surface area contributed by atoms with Gasteiger partial charge in [-0.05, 0) is 31.0 Å². The van der Waals surface area contributed by atoms with Crippen LogP contribution in [0.15, 0.2) is 42.6 Å². The number of amides is 2. The van der Waals surface area contributed by atoms with E-state index in [1.807, 2.05) is 17.0 Å². The zero-order valence-corrected chi connectivity index (χ0v) is 21.7. The molecule has 11 heteroatoms. The molecule has 2 aliphatic rings. The molecule has 0 radical (unpaired) electrons. The van der Waals surface area contributed by atoms with Gasteiger partial charge in [-0.25, -0.2) is 4.98 Å². The smallest absolute Gasteiger partial charge is 0.422 e. The lowest BCUT2D eigenvalue weighted by Gasteiger charge is -2.37. The highest BCUT2D eigenvalue weighted by Crippen LogP contribution is 2.26. The largest absolute Gasteiger partial charge is 0.468 e. The number of anilines is 2. The SMILES string of the molecule is O=C(Nc1ccnc(OCC(F)(F)F)c1)c1ccccc1N1CCN(C(=O)CC2CCCCCCC2=O)CC1. The number of piperazine rings is 1. The maximum absolute atomic E-state index is 13.1. The first-order valence-electron chi connectivity index (χ1n) is 13.3. The van der Waals surface area contributed by atoms with Crippen LogP contribution in [-0.2, 0) is 9.59 Å². The standard InChI is InChI=1S/C28H33F3N4O4/c29-28(30,31)19-39-25-18-21(11-12-32-25)33-27(38)22-8-5-6-9-23(22)34-13-15-35(16-14-34)26(37)17-20-7-3-1-2-4-10-24(20)36/h5-6,8-9,11-12,18,20H,1-4,7,10,13-17,19H2,(H,32,33,38). The first kappa shape index (κ1) is 28.4. The van der Waals surface area contributed by atoms with Gasteiger partial charge in [-0.3, -0.25) is 14.4 Å². The summed E-state index contributed by atoms with van der Waals surface area (Å²) in [4.78, 5) is 46.1. The van der Waals surface area contributed by atoms with E-state index in [2.05, 4.69) is 15.0 Å². The van der Waals surface area contributed by atoms with Crippen LogP contribution in [0.5, 0.6) is 5.88 Å². The van der Waals surface area contributed by atoms with Gasteiger partial charge in [-0.2, -0.15) is 13.2 Å². The van der Waals surface area contributed by atoms with Gasteiger partial charge in [0.25, 0.3) is 5.91 Å². The Labute approximate surface area is 225 Å². The molecule has 2 aromatic rings. The van der Waals surface area contributed by atoms with Crippen molar-refractivity contribution >= 4 is 29.0 Å². The van der Waals surface area contributed by atoms with Crippen molar-refractivity contribution in [2.24, 2.45) is 5.92 Å². The summed E-state index contributed by atoms with van der Waals surface area (Å²) in [5, 5.41) is 2.70. The highest BCUT2D eigenvalue weighted by molar-refractivity contribution is 6.08. The maximum atomic E-state index is 13.1. The third kappa shape index (κ3) is 8.18. The fourth-order valence-corrected chi connectivity index (χ4v) is 5.02. The third-order valence-corrected chi connectivity index (χ3v) is 7.10. The minimum atomic E-state index is -4.50. The lowest BCUT2D eigenvalue weighted by Crippen LogP contribution is -2.49. The molecule has 1 unspecified atom stereocenters. The van der Waals surface area contributed by atoms with Gasteiger partial charge >= 0.3 is 6.18 Å². The summed E-state index contributed by atoms with van der Waals surface area (Å²) in [6.45, 7) is 0.546. The van der Waals surface area contributed by atoms with Crippen LogP contribution in [0.4, 0.5) is 24.5 Å². The molecule has 1 saturated carbocycles. The van der Waals surface area contributed by atoms with Crippen LogP contribution in [0.2, 0.25) is 0 Å². The molecule has 210 valence electrons. The quantitative estimate of drug-likeness (QED) is 0.534. The number of nitrogens with one attached hydrogen (secondary N) is 1. The van der Waals surface area contributed by atoms with Crippen molar-refractivity contribution < 1.29 is 32.3 Å². The number of carbonyl (C=O) groups excluding carboxylic acids is 3. The molecule has 1 atom stereocenters. The second-order valence-corrected chi connectivity index (χ2v) is 9.95. The summed E-state index contributed by atoms with van der Waals surface area (Å²) >= 11 is 0. The van der Waals surface area contributed by atoms with Crippen LogP contribution in [-0.4, -0.2) is 66.4 Å². The van der Waals surface area contributed by atoms with Gasteiger partial charge in [0, 0.05) is 68.6 Å². The van der Waals surface area contributed by atoms with E-state index in [-0.39, 0.29) is 35.6 Å². The van der Waals surface area contributed by atoms with Gasteiger partial charge in [-0.15, -0.1) is 0 Å². The number of benzene rings is 1. The fraction of sp³-hybridized carbons (Fsp3) is 0.500. The van der Waals surface area contributed by atoms with Gasteiger partial charge < -0.3 is 19.9 Å². The first-order chi connectivity index (χ1) is 18.7. The maximum Gasteiger partial charge on any atom is 0.422 e. The number of pyridine rings is 1. The Morgan fingerprint density at radius 3 is 2.54 bits per heavy atom. The summed E-state index contributed by atoms with van der Waals surface area (Å²) < 4.78 is 42.0. The summed E-state index contributed by atoms with van der Waals surface area (Å²) in [6.07, 6.45) is 2.44. The molecule has 1 aliphatic carbocycles. The highest BCUT2D eigenvalue weighted by Gasteiger charge is 2.30. The molecule has 2 fully saturated rings. The fourth-order valence-electron chi connectivity index (χ4n) is 5.02. The molecule has 1 aromatic heterocycles. The number of ketones is 1. The summed E-state index contributed by atoms with van der Waals surface area (Å²) in [5.41, 5.74) is 1.34. The molecular weight excluding hydrogens is 513 g/mol. The third-order valence-electron chi connectivity index (χ3n) is 7.10. The highest BCUT2D eigenvalue weighted by atomic mass is 19.4. The number of ether oxygens (including phenoxy) is 1. The van der Waals surface area contributed by atoms with E-state index in [0.29, 0.717) is 43.9 Å². The van der Waals surface area contributed by atoms with Crippen LogP contribution < -0.4 is 15.0 Å². The van der Waals surface area contributed by atoms with Crippen molar-refractivity contribution in [2.75, 3.05) is 43.0 Å².